The standard InChI is InChI=1S/C14H28N2O2/c1-4-6-11(9-18-3)16-14(17)12-8-5-7-10(2)13(12)15/h10-13H,4-9,15H2,1-3H3,(H,16,17). The molecule has 4 heteroatoms. The molecular formula is C14H28N2O2. The van der Waals surface area contributed by atoms with Crippen molar-refractivity contribution >= 4 is 5.91 Å². The summed E-state index contributed by atoms with van der Waals surface area (Å²) in [5.74, 6) is 0.538. The summed E-state index contributed by atoms with van der Waals surface area (Å²) in [6.07, 6.45) is 5.17. The van der Waals surface area contributed by atoms with Crippen LogP contribution in [0.4, 0.5) is 0 Å². The minimum Gasteiger partial charge on any atom is -0.383 e. The molecule has 1 fully saturated rings. The Morgan fingerprint density at radius 1 is 1.50 bits per heavy atom. The molecule has 0 aromatic heterocycles. The van der Waals surface area contributed by atoms with Gasteiger partial charge in [0.25, 0.3) is 0 Å². The maximum absolute atomic E-state index is 12.3. The van der Waals surface area contributed by atoms with E-state index in [1.54, 1.807) is 7.11 Å². The fourth-order valence-corrected chi connectivity index (χ4v) is 2.80. The van der Waals surface area contributed by atoms with Gasteiger partial charge in [-0.15, -0.1) is 0 Å². The molecule has 18 heavy (non-hydrogen) atoms. The van der Waals surface area contributed by atoms with E-state index in [4.69, 9.17) is 10.5 Å². The maximum atomic E-state index is 12.3. The molecule has 4 unspecified atom stereocenters. The molecule has 0 aliphatic heterocycles. The van der Waals surface area contributed by atoms with E-state index in [0.29, 0.717) is 12.5 Å². The third kappa shape index (κ3) is 4.25. The number of hydrogen-bond donors (Lipinski definition) is 2. The molecule has 1 saturated carbocycles. The van der Waals surface area contributed by atoms with Gasteiger partial charge in [-0.3, -0.25) is 4.79 Å². The van der Waals surface area contributed by atoms with Crippen molar-refractivity contribution in [3.63, 3.8) is 0 Å². The number of rotatable bonds is 6. The predicted molar refractivity (Wildman–Crippen MR) is 73.2 cm³/mol. The minimum atomic E-state index is -0.0232. The molecule has 0 aromatic carbocycles. The third-order valence-corrected chi connectivity index (χ3v) is 3.98. The van der Waals surface area contributed by atoms with Crippen molar-refractivity contribution in [1.82, 2.24) is 5.32 Å². The van der Waals surface area contributed by atoms with Crippen LogP contribution in [0.3, 0.4) is 0 Å². The molecule has 4 atom stereocenters. The first-order valence-corrected chi connectivity index (χ1v) is 7.15. The SMILES string of the molecule is CCCC(COC)NC(=O)C1CCCC(C)C1N. The number of hydrogen-bond acceptors (Lipinski definition) is 3. The van der Waals surface area contributed by atoms with Crippen molar-refractivity contribution in [3.8, 4) is 0 Å². The van der Waals surface area contributed by atoms with Crippen LogP contribution in [-0.4, -0.2) is 31.7 Å². The van der Waals surface area contributed by atoms with Crippen LogP contribution in [0.5, 0.6) is 0 Å². The monoisotopic (exact) mass is 256 g/mol. The van der Waals surface area contributed by atoms with E-state index in [1.165, 1.54) is 0 Å². The molecule has 106 valence electrons. The number of methoxy groups -OCH3 is 1. The molecule has 0 saturated heterocycles. The second-order valence-electron chi connectivity index (χ2n) is 5.54. The molecule has 4 nitrogen and oxygen atoms in total. The topological polar surface area (TPSA) is 64.3 Å². The summed E-state index contributed by atoms with van der Waals surface area (Å²) < 4.78 is 5.15. The van der Waals surface area contributed by atoms with Gasteiger partial charge in [0, 0.05) is 13.2 Å². The van der Waals surface area contributed by atoms with Gasteiger partial charge in [-0.1, -0.05) is 26.7 Å². The molecule has 1 aliphatic rings. The molecule has 1 aliphatic carbocycles. The molecule has 1 rings (SSSR count). The van der Waals surface area contributed by atoms with Crippen LogP contribution in [0.1, 0.15) is 46.0 Å². The van der Waals surface area contributed by atoms with Crippen molar-refractivity contribution in [2.24, 2.45) is 17.6 Å². The first-order chi connectivity index (χ1) is 8.60. The van der Waals surface area contributed by atoms with E-state index in [1.807, 2.05) is 0 Å². The van der Waals surface area contributed by atoms with Gasteiger partial charge < -0.3 is 15.8 Å². The highest BCUT2D eigenvalue weighted by Crippen LogP contribution is 2.28. The van der Waals surface area contributed by atoms with E-state index in [2.05, 4.69) is 19.2 Å². The normalized spacial score (nSPS) is 29.9. The van der Waals surface area contributed by atoms with E-state index in [0.717, 1.165) is 32.1 Å². The molecule has 0 heterocycles. The first kappa shape index (κ1) is 15.4. The Balaban J connectivity index is 2.51. The third-order valence-electron chi connectivity index (χ3n) is 3.98. The first-order valence-electron chi connectivity index (χ1n) is 7.15. The van der Waals surface area contributed by atoms with Crippen LogP contribution in [0.15, 0.2) is 0 Å². The Kier molecular flexibility index (Phi) is 6.65. The molecular weight excluding hydrogens is 228 g/mol. The van der Waals surface area contributed by atoms with Crippen molar-refractivity contribution < 1.29 is 9.53 Å². The summed E-state index contributed by atoms with van der Waals surface area (Å²) >= 11 is 0. The second-order valence-corrected chi connectivity index (χ2v) is 5.54. The summed E-state index contributed by atoms with van der Waals surface area (Å²) in [6, 6.07) is 0.125. The molecule has 1 amide bonds. The van der Waals surface area contributed by atoms with Crippen molar-refractivity contribution in [3.05, 3.63) is 0 Å². The number of carbonyl (C=O) groups excluding carboxylic acids is 1. The van der Waals surface area contributed by atoms with E-state index >= 15 is 0 Å². The Bertz CT molecular complexity index is 252. The van der Waals surface area contributed by atoms with Gasteiger partial charge in [-0.2, -0.15) is 0 Å². The zero-order chi connectivity index (χ0) is 13.5. The molecule has 3 N–H and O–H groups in total. The van der Waals surface area contributed by atoms with Gasteiger partial charge in [0.2, 0.25) is 5.91 Å². The molecule has 0 bridgehead atoms. The van der Waals surface area contributed by atoms with Crippen LogP contribution in [0.2, 0.25) is 0 Å². The average molecular weight is 256 g/mol. The van der Waals surface area contributed by atoms with Crippen LogP contribution in [0.25, 0.3) is 0 Å². The smallest absolute Gasteiger partial charge is 0.224 e. The molecule has 0 aromatic rings. The number of amides is 1. The number of nitrogens with one attached hydrogen (secondary N) is 1. The predicted octanol–water partition coefficient (Wildman–Crippen LogP) is 1.68. The summed E-state index contributed by atoms with van der Waals surface area (Å²) in [5, 5.41) is 3.10. The van der Waals surface area contributed by atoms with Crippen LogP contribution in [-0.2, 0) is 9.53 Å². The van der Waals surface area contributed by atoms with Gasteiger partial charge in [0.15, 0.2) is 0 Å². The highest BCUT2D eigenvalue weighted by Gasteiger charge is 2.33. The zero-order valence-electron chi connectivity index (χ0n) is 11.9. The lowest BCUT2D eigenvalue weighted by Crippen LogP contribution is -2.50. The number of ether oxygens (including phenoxy) is 1. The van der Waals surface area contributed by atoms with Gasteiger partial charge in [0.1, 0.15) is 0 Å². The Morgan fingerprint density at radius 2 is 2.22 bits per heavy atom. The lowest BCUT2D eigenvalue weighted by atomic mass is 9.77. The van der Waals surface area contributed by atoms with Crippen molar-refractivity contribution in [2.75, 3.05) is 13.7 Å². The van der Waals surface area contributed by atoms with Gasteiger partial charge >= 0.3 is 0 Å². The molecule has 0 radical (unpaired) electrons. The number of carbonyl (C=O) groups is 1. The minimum absolute atomic E-state index is 0.00331. The number of nitrogens with two attached hydrogens (primary N) is 1. The van der Waals surface area contributed by atoms with Gasteiger partial charge in [-0.05, 0) is 25.2 Å². The lowest BCUT2D eigenvalue weighted by Gasteiger charge is -2.33. The zero-order valence-corrected chi connectivity index (χ0v) is 11.9. The quantitative estimate of drug-likeness (QED) is 0.760. The van der Waals surface area contributed by atoms with Gasteiger partial charge in [0.05, 0.1) is 18.6 Å². The lowest BCUT2D eigenvalue weighted by molar-refractivity contribution is -0.128. The van der Waals surface area contributed by atoms with Crippen molar-refractivity contribution in [2.45, 2.75) is 58.0 Å². The highest BCUT2D eigenvalue weighted by molar-refractivity contribution is 5.79. The molecule has 0 spiro atoms. The van der Waals surface area contributed by atoms with Crippen molar-refractivity contribution in [1.29, 1.82) is 0 Å². The Morgan fingerprint density at radius 3 is 2.83 bits per heavy atom. The Labute approximate surface area is 111 Å². The average Bonchev–Trinajstić information content (AvgIpc) is 2.33. The highest BCUT2D eigenvalue weighted by atomic mass is 16.5. The van der Waals surface area contributed by atoms with E-state index in [-0.39, 0.29) is 23.9 Å². The fraction of sp³-hybridized carbons (Fsp3) is 0.929. The summed E-state index contributed by atoms with van der Waals surface area (Å²) in [4.78, 5) is 12.3. The maximum Gasteiger partial charge on any atom is 0.224 e. The van der Waals surface area contributed by atoms with Crippen LogP contribution < -0.4 is 11.1 Å². The largest absolute Gasteiger partial charge is 0.383 e. The summed E-state index contributed by atoms with van der Waals surface area (Å²) in [7, 11) is 1.67. The summed E-state index contributed by atoms with van der Waals surface area (Å²) in [5.41, 5.74) is 6.15. The van der Waals surface area contributed by atoms with E-state index < -0.39 is 0 Å². The van der Waals surface area contributed by atoms with Crippen LogP contribution in [0, 0.1) is 11.8 Å². The fourth-order valence-electron chi connectivity index (χ4n) is 2.80. The second kappa shape index (κ2) is 7.74. The van der Waals surface area contributed by atoms with E-state index in [9.17, 15) is 4.79 Å². The summed E-state index contributed by atoms with van der Waals surface area (Å²) in [6.45, 7) is 4.84. The Hall–Kier alpha value is -0.610. The van der Waals surface area contributed by atoms with Gasteiger partial charge in [-0.25, -0.2) is 0 Å². The van der Waals surface area contributed by atoms with Crippen LogP contribution >= 0.6 is 0 Å².